The van der Waals surface area contributed by atoms with E-state index in [1.807, 2.05) is 0 Å². The van der Waals surface area contributed by atoms with E-state index < -0.39 is 0 Å². The van der Waals surface area contributed by atoms with Crippen LogP contribution in [-0.2, 0) is 0 Å². The maximum atomic E-state index is 9.64. The second kappa shape index (κ2) is 5.32. The Hall–Kier alpha value is -2.67. The van der Waals surface area contributed by atoms with E-state index >= 15 is 0 Å². The molecule has 0 radical (unpaired) electrons. The highest BCUT2D eigenvalue weighted by Gasteiger charge is 2.10. The minimum Gasteiger partial charge on any atom is -0.508 e. The van der Waals surface area contributed by atoms with Gasteiger partial charge in [0.25, 0.3) is 0 Å². The van der Waals surface area contributed by atoms with Crippen molar-refractivity contribution >= 4 is 0 Å². The first-order chi connectivity index (χ1) is 9.15. The summed E-state index contributed by atoms with van der Waals surface area (Å²) in [6.07, 6.45) is 0. The number of ether oxygens (including phenoxy) is 2. The summed E-state index contributed by atoms with van der Waals surface area (Å²) in [5.74, 6) is 1.66. The zero-order chi connectivity index (χ0) is 13.8. The van der Waals surface area contributed by atoms with Gasteiger partial charge >= 0.3 is 0 Å². The summed E-state index contributed by atoms with van der Waals surface area (Å²) in [6.45, 7) is 1.75. The molecule has 0 heterocycles. The van der Waals surface area contributed by atoms with Gasteiger partial charge in [-0.05, 0) is 31.2 Å². The highest BCUT2D eigenvalue weighted by molar-refractivity contribution is 5.51. The number of hydrogen-bond acceptors (Lipinski definition) is 4. The number of phenolic OH excluding ortho intramolecular Hbond substituents is 1. The van der Waals surface area contributed by atoms with Gasteiger partial charge in [0.1, 0.15) is 29.1 Å². The number of hydrogen-bond donors (Lipinski definition) is 1. The fourth-order valence-electron chi connectivity index (χ4n) is 1.64. The van der Waals surface area contributed by atoms with Crippen LogP contribution in [0.1, 0.15) is 11.1 Å². The van der Waals surface area contributed by atoms with E-state index in [0.717, 1.165) is 0 Å². The molecule has 4 nitrogen and oxygen atoms in total. The molecule has 0 aromatic heterocycles. The number of benzene rings is 2. The third-order valence-corrected chi connectivity index (χ3v) is 2.78. The molecule has 0 aliphatic carbocycles. The summed E-state index contributed by atoms with van der Waals surface area (Å²) < 4.78 is 10.8. The number of nitrogens with zero attached hydrogens (tertiary/aromatic N) is 1. The molecule has 0 saturated heterocycles. The van der Waals surface area contributed by atoms with Gasteiger partial charge in [0, 0.05) is 11.6 Å². The number of aromatic hydroxyl groups is 1. The zero-order valence-corrected chi connectivity index (χ0v) is 10.7. The van der Waals surface area contributed by atoms with Crippen LogP contribution in [0.4, 0.5) is 0 Å². The SMILES string of the molecule is COc1ccc(C#N)c(Oc2cccc(O)c2C)c1. The van der Waals surface area contributed by atoms with Crippen molar-refractivity contribution in [3.63, 3.8) is 0 Å². The number of rotatable bonds is 3. The minimum atomic E-state index is 0.152. The van der Waals surface area contributed by atoms with Gasteiger partial charge in [0.15, 0.2) is 0 Å². The molecule has 0 aliphatic rings. The fourth-order valence-corrected chi connectivity index (χ4v) is 1.64. The highest BCUT2D eigenvalue weighted by Crippen LogP contribution is 2.33. The number of phenols is 1. The molecule has 0 aliphatic heterocycles. The van der Waals surface area contributed by atoms with Crippen molar-refractivity contribution in [1.82, 2.24) is 0 Å². The van der Waals surface area contributed by atoms with Crippen LogP contribution in [0.15, 0.2) is 36.4 Å². The van der Waals surface area contributed by atoms with E-state index in [0.29, 0.717) is 28.4 Å². The van der Waals surface area contributed by atoms with Crippen molar-refractivity contribution in [1.29, 1.82) is 5.26 Å². The van der Waals surface area contributed by atoms with Gasteiger partial charge in [-0.2, -0.15) is 5.26 Å². The Morgan fingerprint density at radius 3 is 2.63 bits per heavy atom. The molecular formula is C15H13NO3. The van der Waals surface area contributed by atoms with Crippen LogP contribution in [0.5, 0.6) is 23.0 Å². The predicted molar refractivity (Wildman–Crippen MR) is 70.6 cm³/mol. The molecule has 2 rings (SSSR count). The Morgan fingerprint density at radius 2 is 1.95 bits per heavy atom. The summed E-state index contributed by atoms with van der Waals surface area (Å²) in [5.41, 5.74) is 1.03. The van der Waals surface area contributed by atoms with Crippen LogP contribution >= 0.6 is 0 Å². The summed E-state index contributed by atoms with van der Waals surface area (Å²) >= 11 is 0. The third-order valence-electron chi connectivity index (χ3n) is 2.78. The smallest absolute Gasteiger partial charge is 0.148 e. The second-order valence-corrected chi connectivity index (χ2v) is 3.98. The van der Waals surface area contributed by atoms with E-state index in [4.69, 9.17) is 14.7 Å². The van der Waals surface area contributed by atoms with Crippen molar-refractivity contribution in [2.45, 2.75) is 6.92 Å². The van der Waals surface area contributed by atoms with Crippen LogP contribution in [0.2, 0.25) is 0 Å². The maximum absolute atomic E-state index is 9.64. The van der Waals surface area contributed by atoms with Crippen molar-refractivity contribution in [2.24, 2.45) is 0 Å². The summed E-state index contributed by atoms with van der Waals surface area (Å²) in [5, 5.41) is 18.7. The lowest BCUT2D eigenvalue weighted by atomic mass is 10.2. The number of nitriles is 1. The lowest BCUT2D eigenvalue weighted by Crippen LogP contribution is -1.92. The summed E-state index contributed by atoms with van der Waals surface area (Å²) in [6, 6.07) is 12.0. The molecule has 19 heavy (non-hydrogen) atoms. The Bertz CT molecular complexity index is 644. The molecule has 96 valence electrons. The average molecular weight is 255 g/mol. The molecule has 1 N–H and O–H groups in total. The van der Waals surface area contributed by atoms with Crippen LogP contribution in [-0.4, -0.2) is 12.2 Å². The second-order valence-electron chi connectivity index (χ2n) is 3.98. The maximum Gasteiger partial charge on any atom is 0.148 e. The monoisotopic (exact) mass is 255 g/mol. The first kappa shape index (κ1) is 12.8. The normalized spacial score (nSPS) is 9.74. The van der Waals surface area contributed by atoms with E-state index in [1.54, 1.807) is 50.4 Å². The van der Waals surface area contributed by atoms with Crippen LogP contribution < -0.4 is 9.47 Å². The lowest BCUT2D eigenvalue weighted by molar-refractivity contribution is 0.407. The fraction of sp³-hybridized carbons (Fsp3) is 0.133. The molecule has 0 unspecified atom stereocenters. The van der Waals surface area contributed by atoms with Crippen LogP contribution in [0.25, 0.3) is 0 Å². The van der Waals surface area contributed by atoms with Gasteiger partial charge in [0.2, 0.25) is 0 Å². The Balaban J connectivity index is 2.42. The zero-order valence-electron chi connectivity index (χ0n) is 10.7. The molecule has 2 aromatic rings. The highest BCUT2D eigenvalue weighted by atomic mass is 16.5. The van der Waals surface area contributed by atoms with Gasteiger partial charge in [0.05, 0.1) is 12.7 Å². The molecule has 0 bridgehead atoms. The Morgan fingerprint density at radius 1 is 1.16 bits per heavy atom. The van der Waals surface area contributed by atoms with E-state index in [9.17, 15) is 5.11 Å². The topological polar surface area (TPSA) is 62.5 Å². The van der Waals surface area contributed by atoms with Crippen LogP contribution in [0, 0.1) is 18.3 Å². The molecule has 0 spiro atoms. The Kier molecular flexibility index (Phi) is 3.58. The van der Waals surface area contributed by atoms with Gasteiger partial charge < -0.3 is 14.6 Å². The molecule has 0 saturated carbocycles. The van der Waals surface area contributed by atoms with Gasteiger partial charge in [-0.25, -0.2) is 0 Å². The molecule has 0 atom stereocenters. The quantitative estimate of drug-likeness (QED) is 0.913. The molecule has 0 amide bonds. The van der Waals surface area contributed by atoms with Gasteiger partial charge in [-0.15, -0.1) is 0 Å². The summed E-state index contributed by atoms with van der Waals surface area (Å²) in [7, 11) is 1.55. The molecule has 2 aromatic carbocycles. The van der Waals surface area contributed by atoms with Gasteiger partial charge in [-0.3, -0.25) is 0 Å². The average Bonchev–Trinajstić information content (AvgIpc) is 2.43. The van der Waals surface area contributed by atoms with Crippen molar-refractivity contribution in [3.8, 4) is 29.1 Å². The Labute approximate surface area is 111 Å². The predicted octanol–water partition coefficient (Wildman–Crippen LogP) is 3.37. The van der Waals surface area contributed by atoms with Crippen molar-refractivity contribution < 1.29 is 14.6 Å². The molecule has 0 fully saturated rings. The van der Waals surface area contributed by atoms with E-state index in [1.165, 1.54) is 0 Å². The standard InChI is InChI=1S/C15H13NO3/c1-10-13(17)4-3-5-14(10)19-15-8-12(18-2)7-6-11(15)9-16/h3-8,17H,1-2H3. The van der Waals surface area contributed by atoms with Gasteiger partial charge in [-0.1, -0.05) is 6.07 Å². The van der Waals surface area contributed by atoms with Crippen molar-refractivity contribution in [3.05, 3.63) is 47.5 Å². The lowest BCUT2D eigenvalue weighted by Gasteiger charge is -2.11. The third kappa shape index (κ3) is 2.61. The van der Waals surface area contributed by atoms with E-state index in [2.05, 4.69) is 6.07 Å². The first-order valence-corrected chi connectivity index (χ1v) is 5.70. The summed E-state index contributed by atoms with van der Waals surface area (Å²) in [4.78, 5) is 0. The molecule has 4 heteroatoms. The van der Waals surface area contributed by atoms with Crippen LogP contribution in [0.3, 0.4) is 0 Å². The largest absolute Gasteiger partial charge is 0.508 e. The first-order valence-electron chi connectivity index (χ1n) is 5.70. The number of methoxy groups -OCH3 is 1. The van der Waals surface area contributed by atoms with Crippen molar-refractivity contribution in [2.75, 3.05) is 7.11 Å². The van der Waals surface area contributed by atoms with E-state index in [-0.39, 0.29) is 5.75 Å². The minimum absolute atomic E-state index is 0.152. The molecular weight excluding hydrogens is 242 g/mol.